The lowest BCUT2D eigenvalue weighted by molar-refractivity contribution is -0.132. The first-order valence-electron chi connectivity index (χ1n) is 10.5. The van der Waals surface area contributed by atoms with Crippen molar-refractivity contribution < 1.29 is 14.3 Å². The number of hydrogen-bond acceptors (Lipinski definition) is 5. The fraction of sp³-hybridized carbons (Fsp3) is 0.750. The summed E-state index contributed by atoms with van der Waals surface area (Å²) in [6.07, 6.45) is 7.85. The van der Waals surface area contributed by atoms with Crippen molar-refractivity contribution in [3.63, 3.8) is 0 Å². The number of nitrogens with zero attached hydrogens (tertiary/aromatic N) is 3. The summed E-state index contributed by atoms with van der Waals surface area (Å²) in [6, 6.07) is 0.382. The van der Waals surface area contributed by atoms with Gasteiger partial charge in [-0.3, -0.25) is 14.5 Å². The van der Waals surface area contributed by atoms with Crippen LogP contribution in [0.15, 0.2) is 6.20 Å². The molecule has 1 saturated carbocycles. The summed E-state index contributed by atoms with van der Waals surface area (Å²) in [5, 5.41) is 6.02. The lowest BCUT2D eigenvalue weighted by Crippen LogP contribution is -2.57. The van der Waals surface area contributed by atoms with Gasteiger partial charge in [0.1, 0.15) is 5.82 Å². The van der Waals surface area contributed by atoms with Gasteiger partial charge >= 0.3 is 0 Å². The van der Waals surface area contributed by atoms with Crippen LogP contribution >= 0.6 is 0 Å². The molecule has 1 aromatic heterocycles. The molecule has 2 fully saturated rings. The number of imidazole rings is 1. The molecular formula is C20H31N5O3. The van der Waals surface area contributed by atoms with Gasteiger partial charge in [0, 0.05) is 44.8 Å². The number of aryl methyl sites for hydroxylation is 2. The van der Waals surface area contributed by atoms with E-state index in [1.807, 2.05) is 13.1 Å². The Hall–Kier alpha value is -1.93. The van der Waals surface area contributed by atoms with Crippen molar-refractivity contribution >= 4 is 11.8 Å². The highest BCUT2D eigenvalue weighted by molar-refractivity contribution is 5.79. The van der Waals surface area contributed by atoms with Gasteiger partial charge in [-0.15, -0.1) is 0 Å². The van der Waals surface area contributed by atoms with Gasteiger partial charge in [-0.05, 0) is 32.6 Å². The summed E-state index contributed by atoms with van der Waals surface area (Å²) in [6.45, 7) is 5.75. The number of hydrogen-bond donors (Lipinski definition) is 2. The number of nitrogens with one attached hydrogen (secondary N) is 2. The maximum absolute atomic E-state index is 12.4. The molecule has 2 aliphatic heterocycles. The number of amides is 2. The molecule has 1 atom stereocenters. The van der Waals surface area contributed by atoms with Crippen molar-refractivity contribution in [2.75, 3.05) is 32.8 Å². The summed E-state index contributed by atoms with van der Waals surface area (Å²) in [7, 11) is 0. The molecule has 0 spiro atoms. The third-order valence-corrected chi connectivity index (χ3v) is 5.69. The number of morpholine rings is 1. The maximum atomic E-state index is 12.4. The molecule has 154 valence electrons. The maximum Gasteiger partial charge on any atom is 0.234 e. The molecule has 1 aliphatic carbocycles. The zero-order chi connectivity index (χ0) is 19.6. The summed E-state index contributed by atoms with van der Waals surface area (Å²) >= 11 is 0. The van der Waals surface area contributed by atoms with Gasteiger partial charge < -0.3 is 19.9 Å². The average molecular weight is 390 g/mol. The van der Waals surface area contributed by atoms with Crippen LogP contribution in [0.5, 0.6) is 0 Å². The van der Waals surface area contributed by atoms with E-state index in [0.29, 0.717) is 38.7 Å². The monoisotopic (exact) mass is 389 g/mol. The number of ether oxygens (including phenoxy) is 1. The molecule has 4 rings (SSSR count). The van der Waals surface area contributed by atoms with Gasteiger partial charge in [0.2, 0.25) is 11.8 Å². The number of aromatic nitrogens is 2. The zero-order valence-electron chi connectivity index (χ0n) is 16.7. The normalized spacial score (nSPS) is 25.2. The van der Waals surface area contributed by atoms with E-state index in [1.54, 1.807) is 0 Å². The van der Waals surface area contributed by atoms with Crippen LogP contribution in [0.3, 0.4) is 0 Å². The minimum Gasteiger partial charge on any atom is -0.371 e. The van der Waals surface area contributed by atoms with Crippen molar-refractivity contribution in [1.82, 2.24) is 25.1 Å². The van der Waals surface area contributed by atoms with Crippen LogP contribution < -0.4 is 10.6 Å². The predicted molar refractivity (Wildman–Crippen MR) is 104 cm³/mol. The molecule has 1 aromatic rings. The molecule has 8 heteroatoms. The van der Waals surface area contributed by atoms with E-state index in [0.717, 1.165) is 43.9 Å². The molecule has 28 heavy (non-hydrogen) atoms. The minimum atomic E-state index is -0.485. The first-order chi connectivity index (χ1) is 13.5. The quantitative estimate of drug-likeness (QED) is 0.698. The molecule has 0 aromatic carbocycles. The molecule has 2 N–H and O–H groups in total. The van der Waals surface area contributed by atoms with Crippen molar-refractivity contribution in [2.24, 2.45) is 0 Å². The number of rotatable bonds is 7. The van der Waals surface area contributed by atoms with Gasteiger partial charge in [0.25, 0.3) is 0 Å². The van der Waals surface area contributed by atoms with Gasteiger partial charge in [-0.2, -0.15) is 0 Å². The summed E-state index contributed by atoms with van der Waals surface area (Å²) in [5.74, 6) is 1.14. The van der Waals surface area contributed by atoms with E-state index < -0.39 is 5.60 Å². The average Bonchev–Trinajstić information content (AvgIpc) is 3.36. The minimum absolute atomic E-state index is 0.0381. The van der Waals surface area contributed by atoms with Crippen LogP contribution in [0.1, 0.15) is 44.1 Å². The van der Waals surface area contributed by atoms with Crippen molar-refractivity contribution in [3.8, 4) is 0 Å². The fourth-order valence-corrected chi connectivity index (χ4v) is 4.03. The second-order valence-electron chi connectivity index (χ2n) is 8.60. The van der Waals surface area contributed by atoms with Crippen LogP contribution in [0.25, 0.3) is 0 Å². The fourth-order valence-electron chi connectivity index (χ4n) is 4.03. The summed E-state index contributed by atoms with van der Waals surface area (Å²) in [4.78, 5) is 31.2. The van der Waals surface area contributed by atoms with Gasteiger partial charge in [0.15, 0.2) is 0 Å². The second-order valence-corrected chi connectivity index (χ2v) is 8.60. The third kappa shape index (κ3) is 5.11. The Morgan fingerprint density at radius 3 is 2.93 bits per heavy atom. The molecule has 0 bridgehead atoms. The molecular weight excluding hydrogens is 358 g/mol. The molecule has 3 heterocycles. The highest BCUT2D eigenvalue weighted by Crippen LogP contribution is 2.20. The van der Waals surface area contributed by atoms with Crippen LogP contribution in [-0.2, 0) is 33.7 Å². The number of carbonyl (C=O) groups is 2. The Morgan fingerprint density at radius 1 is 1.29 bits per heavy atom. The molecule has 0 unspecified atom stereocenters. The lowest BCUT2D eigenvalue weighted by Gasteiger charge is -2.40. The largest absolute Gasteiger partial charge is 0.371 e. The first kappa shape index (κ1) is 19.4. The van der Waals surface area contributed by atoms with E-state index in [4.69, 9.17) is 4.74 Å². The van der Waals surface area contributed by atoms with Gasteiger partial charge in [-0.1, -0.05) is 0 Å². The lowest BCUT2D eigenvalue weighted by atomic mass is 10.0. The number of fused-ring (bicyclic) bond motifs is 1. The number of carbonyl (C=O) groups excluding carboxylic acids is 2. The predicted octanol–water partition coefficient (Wildman–Crippen LogP) is 0.248. The molecule has 2 amide bonds. The van der Waals surface area contributed by atoms with Crippen molar-refractivity contribution in [1.29, 1.82) is 0 Å². The Kier molecular flexibility index (Phi) is 5.68. The van der Waals surface area contributed by atoms with Crippen LogP contribution in [0, 0.1) is 0 Å². The van der Waals surface area contributed by atoms with E-state index >= 15 is 0 Å². The first-order valence-corrected chi connectivity index (χ1v) is 10.5. The van der Waals surface area contributed by atoms with Crippen LogP contribution in [0.2, 0.25) is 0 Å². The summed E-state index contributed by atoms with van der Waals surface area (Å²) < 4.78 is 8.10. The smallest absolute Gasteiger partial charge is 0.234 e. The SMILES string of the molecule is C[C@]1(CNC(=O)Cc2cn3c(n2)CCCC3)CN(CC(=O)NC2CC2)CCO1. The highest BCUT2D eigenvalue weighted by Gasteiger charge is 2.34. The van der Waals surface area contributed by atoms with Gasteiger partial charge in [0.05, 0.1) is 30.9 Å². The van der Waals surface area contributed by atoms with Crippen molar-refractivity contribution in [2.45, 2.75) is 63.6 Å². The van der Waals surface area contributed by atoms with E-state index in [-0.39, 0.29) is 11.8 Å². The van der Waals surface area contributed by atoms with E-state index in [2.05, 4.69) is 25.1 Å². The van der Waals surface area contributed by atoms with E-state index in [1.165, 1.54) is 12.8 Å². The Labute approximate surface area is 166 Å². The van der Waals surface area contributed by atoms with E-state index in [9.17, 15) is 9.59 Å². The Morgan fingerprint density at radius 2 is 2.14 bits per heavy atom. The Balaban J connectivity index is 1.23. The highest BCUT2D eigenvalue weighted by atomic mass is 16.5. The van der Waals surface area contributed by atoms with Gasteiger partial charge in [-0.25, -0.2) is 4.98 Å². The van der Waals surface area contributed by atoms with Crippen LogP contribution in [0.4, 0.5) is 0 Å². The molecule has 0 radical (unpaired) electrons. The molecule has 8 nitrogen and oxygen atoms in total. The van der Waals surface area contributed by atoms with Crippen molar-refractivity contribution in [3.05, 3.63) is 17.7 Å². The Bertz CT molecular complexity index is 706. The molecule has 3 aliphatic rings. The topological polar surface area (TPSA) is 88.5 Å². The third-order valence-electron chi connectivity index (χ3n) is 5.69. The zero-order valence-corrected chi connectivity index (χ0v) is 16.7. The van der Waals surface area contributed by atoms with Crippen LogP contribution in [-0.4, -0.2) is 70.7 Å². The second kappa shape index (κ2) is 8.21. The summed E-state index contributed by atoms with van der Waals surface area (Å²) in [5.41, 5.74) is 0.351. The standard InChI is InChI=1S/C20H31N5O3/c1-20(14-24(8-9-28-20)12-19(27)23-15-5-6-15)13-21-18(26)10-16-11-25-7-3-2-4-17(25)22-16/h11,15H,2-10,12-14H2,1H3,(H,21,26)(H,23,27)/t20-/m0/s1. The molecule has 1 saturated heterocycles.